The lowest BCUT2D eigenvalue weighted by molar-refractivity contribution is -0.118. The fourth-order valence-electron chi connectivity index (χ4n) is 4.25. The standard InChI is InChI=1S/C27H28N6O8/c1-38-23-22(37)18(12-34)41-26(23)33-15-28-21-24(29-19(35)13-39-16-8-4-2-5-9-16)31-27(32-25(21)33)30-20(36)14-40-17-10-6-3-7-11-17/h2-11,15,18,22-23,26,34,37H,12-14H2,1H3,(H2,29,30,31,32,35,36). The van der Waals surface area contributed by atoms with Gasteiger partial charge in [-0.3, -0.25) is 19.5 Å². The van der Waals surface area contributed by atoms with Gasteiger partial charge >= 0.3 is 0 Å². The van der Waals surface area contributed by atoms with Crippen molar-refractivity contribution in [1.29, 1.82) is 0 Å². The molecule has 0 saturated carbocycles. The average Bonchev–Trinajstić information content (AvgIpc) is 3.56. The van der Waals surface area contributed by atoms with Crippen LogP contribution in [-0.4, -0.2) is 86.8 Å². The summed E-state index contributed by atoms with van der Waals surface area (Å²) in [5.41, 5.74) is 0.341. The Bertz CT molecular complexity index is 1490. The first-order valence-corrected chi connectivity index (χ1v) is 12.6. The zero-order valence-electron chi connectivity index (χ0n) is 21.9. The number of imidazole rings is 1. The highest BCUT2D eigenvalue weighted by Crippen LogP contribution is 2.34. The van der Waals surface area contributed by atoms with E-state index >= 15 is 0 Å². The highest BCUT2D eigenvalue weighted by Gasteiger charge is 2.45. The molecule has 14 heteroatoms. The maximum Gasteiger partial charge on any atom is 0.264 e. The molecule has 1 aliphatic heterocycles. The van der Waals surface area contributed by atoms with Crippen LogP contribution in [0.25, 0.3) is 11.2 Å². The van der Waals surface area contributed by atoms with Gasteiger partial charge < -0.3 is 34.5 Å². The minimum atomic E-state index is -1.13. The van der Waals surface area contributed by atoms with Crippen molar-refractivity contribution in [3.05, 3.63) is 67.0 Å². The number of nitrogens with zero attached hydrogens (tertiary/aromatic N) is 4. The van der Waals surface area contributed by atoms with Crippen LogP contribution in [0.5, 0.6) is 11.5 Å². The number of carbonyl (C=O) groups is 2. The Labute approximate surface area is 233 Å². The molecule has 2 amide bonds. The minimum Gasteiger partial charge on any atom is -0.484 e. The maximum atomic E-state index is 12.8. The predicted molar refractivity (Wildman–Crippen MR) is 144 cm³/mol. The van der Waals surface area contributed by atoms with Crippen LogP contribution in [0.15, 0.2) is 67.0 Å². The van der Waals surface area contributed by atoms with E-state index in [0.717, 1.165) is 0 Å². The Morgan fingerprint density at radius 2 is 1.56 bits per heavy atom. The van der Waals surface area contributed by atoms with E-state index in [4.69, 9.17) is 18.9 Å². The highest BCUT2D eigenvalue weighted by molar-refractivity contribution is 5.99. The summed E-state index contributed by atoms with van der Waals surface area (Å²) in [7, 11) is 1.40. The summed E-state index contributed by atoms with van der Waals surface area (Å²) in [6, 6.07) is 17.6. The summed E-state index contributed by atoms with van der Waals surface area (Å²) in [6.07, 6.45) is -2.45. The molecule has 2 aromatic carbocycles. The van der Waals surface area contributed by atoms with Crippen LogP contribution in [0, 0.1) is 0 Å². The van der Waals surface area contributed by atoms with E-state index in [9.17, 15) is 19.8 Å². The number of aliphatic hydroxyl groups excluding tert-OH is 2. The average molecular weight is 565 g/mol. The van der Waals surface area contributed by atoms with Crippen molar-refractivity contribution in [2.45, 2.75) is 24.5 Å². The lowest BCUT2D eigenvalue weighted by atomic mass is 10.1. The first kappa shape index (κ1) is 27.9. The van der Waals surface area contributed by atoms with Crippen LogP contribution >= 0.6 is 0 Å². The van der Waals surface area contributed by atoms with Gasteiger partial charge in [0.15, 0.2) is 36.4 Å². The summed E-state index contributed by atoms with van der Waals surface area (Å²) in [4.78, 5) is 38.5. The van der Waals surface area contributed by atoms with Crippen LogP contribution in [0.1, 0.15) is 6.23 Å². The number of hydrogen-bond acceptors (Lipinski definition) is 11. The first-order chi connectivity index (χ1) is 20.0. The Morgan fingerprint density at radius 1 is 0.951 bits per heavy atom. The van der Waals surface area contributed by atoms with Gasteiger partial charge in [0.2, 0.25) is 5.95 Å². The molecule has 14 nitrogen and oxygen atoms in total. The molecule has 0 radical (unpaired) electrons. The third-order valence-electron chi connectivity index (χ3n) is 6.20. The van der Waals surface area contributed by atoms with Crippen molar-refractivity contribution in [3.63, 3.8) is 0 Å². The van der Waals surface area contributed by atoms with Gasteiger partial charge in [-0.2, -0.15) is 9.97 Å². The number of para-hydroxylation sites is 2. The SMILES string of the molecule is COC1C(O)C(CO)OC1n1cnc2c(NC(=O)COc3ccccc3)nc(NC(=O)COc3ccccc3)nc21. The van der Waals surface area contributed by atoms with E-state index in [1.54, 1.807) is 48.5 Å². The number of fused-ring (bicyclic) bond motifs is 1. The van der Waals surface area contributed by atoms with E-state index in [-0.39, 0.29) is 36.1 Å². The number of hydrogen-bond donors (Lipinski definition) is 4. The number of ether oxygens (including phenoxy) is 4. The monoisotopic (exact) mass is 564 g/mol. The number of amides is 2. The maximum absolute atomic E-state index is 12.8. The number of rotatable bonds is 11. The molecule has 1 aliphatic rings. The number of nitrogens with one attached hydrogen (secondary N) is 2. The van der Waals surface area contributed by atoms with Crippen molar-refractivity contribution in [1.82, 2.24) is 19.5 Å². The van der Waals surface area contributed by atoms with E-state index in [0.29, 0.717) is 11.5 Å². The second kappa shape index (κ2) is 12.7. The summed E-state index contributed by atoms with van der Waals surface area (Å²) < 4.78 is 23.7. The Hall–Kier alpha value is -4.63. The second-order valence-electron chi connectivity index (χ2n) is 8.96. The van der Waals surface area contributed by atoms with E-state index in [1.807, 2.05) is 12.1 Å². The number of methoxy groups -OCH3 is 1. The quantitative estimate of drug-likeness (QED) is 0.205. The van der Waals surface area contributed by atoms with Crippen LogP contribution in [0.4, 0.5) is 11.8 Å². The third-order valence-corrected chi connectivity index (χ3v) is 6.20. The molecule has 41 heavy (non-hydrogen) atoms. The highest BCUT2D eigenvalue weighted by atomic mass is 16.6. The van der Waals surface area contributed by atoms with Crippen molar-refractivity contribution in [3.8, 4) is 11.5 Å². The van der Waals surface area contributed by atoms with Crippen LogP contribution < -0.4 is 20.1 Å². The second-order valence-corrected chi connectivity index (χ2v) is 8.96. The molecule has 1 fully saturated rings. The number of aromatic nitrogens is 4. The van der Waals surface area contributed by atoms with Gasteiger partial charge in [0.05, 0.1) is 12.9 Å². The van der Waals surface area contributed by atoms with Gasteiger partial charge in [0, 0.05) is 7.11 Å². The van der Waals surface area contributed by atoms with Crippen molar-refractivity contribution in [2.75, 3.05) is 37.6 Å². The fourth-order valence-corrected chi connectivity index (χ4v) is 4.25. The molecule has 2 aromatic heterocycles. The fraction of sp³-hybridized carbons (Fsp3) is 0.296. The van der Waals surface area contributed by atoms with E-state index < -0.39 is 43.0 Å². The first-order valence-electron chi connectivity index (χ1n) is 12.6. The summed E-state index contributed by atoms with van der Waals surface area (Å²) >= 11 is 0. The molecule has 214 valence electrons. The van der Waals surface area contributed by atoms with E-state index in [1.165, 1.54) is 18.0 Å². The van der Waals surface area contributed by atoms with Crippen molar-refractivity contribution in [2.24, 2.45) is 0 Å². The third kappa shape index (κ3) is 6.41. The molecule has 0 spiro atoms. The summed E-state index contributed by atoms with van der Waals surface area (Å²) in [6.45, 7) is -1.07. The molecule has 4 unspecified atom stereocenters. The minimum absolute atomic E-state index is 0.000842. The predicted octanol–water partition coefficient (Wildman–Crippen LogP) is 1.13. The van der Waals surface area contributed by atoms with E-state index in [2.05, 4.69) is 25.6 Å². The molecule has 0 aliphatic carbocycles. The lowest BCUT2D eigenvalue weighted by Gasteiger charge is -2.20. The molecule has 1 saturated heterocycles. The number of benzene rings is 2. The van der Waals surface area contributed by atoms with Crippen molar-refractivity contribution >= 4 is 34.7 Å². The van der Waals surface area contributed by atoms with Gasteiger partial charge in [-0.15, -0.1) is 0 Å². The molecular weight excluding hydrogens is 536 g/mol. The molecule has 4 atom stereocenters. The van der Waals surface area contributed by atoms with Gasteiger partial charge in [0.25, 0.3) is 11.8 Å². The topological polar surface area (TPSA) is 179 Å². The zero-order chi connectivity index (χ0) is 28.8. The van der Waals surface area contributed by atoms with Crippen LogP contribution in [0.3, 0.4) is 0 Å². The van der Waals surface area contributed by atoms with Gasteiger partial charge in [-0.05, 0) is 24.3 Å². The Kier molecular flexibility index (Phi) is 8.64. The largest absolute Gasteiger partial charge is 0.484 e. The summed E-state index contributed by atoms with van der Waals surface area (Å²) in [5.74, 6) is -0.216. The molecule has 0 bridgehead atoms. The Balaban J connectivity index is 1.41. The molecule has 5 rings (SSSR count). The molecule has 3 heterocycles. The zero-order valence-corrected chi connectivity index (χ0v) is 21.9. The lowest BCUT2D eigenvalue weighted by Crippen LogP contribution is -2.34. The Morgan fingerprint density at radius 3 is 2.15 bits per heavy atom. The molecule has 4 aromatic rings. The smallest absolute Gasteiger partial charge is 0.264 e. The summed E-state index contributed by atoms with van der Waals surface area (Å²) in [5, 5.41) is 25.4. The molecular formula is C27H28N6O8. The number of aliphatic hydroxyl groups is 2. The van der Waals surface area contributed by atoms with Gasteiger partial charge in [-0.25, -0.2) is 4.98 Å². The van der Waals surface area contributed by atoms with Crippen molar-refractivity contribution < 1.29 is 38.7 Å². The molecule has 4 N–H and O–H groups in total. The van der Waals surface area contributed by atoms with Crippen LogP contribution in [0.2, 0.25) is 0 Å². The number of carbonyl (C=O) groups excluding carboxylic acids is 2. The van der Waals surface area contributed by atoms with Gasteiger partial charge in [-0.1, -0.05) is 36.4 Å². The normalized spacial score (nSPS) is 20.1. The number of anilines is 2. The van der Waals surface area contributed by atoms with Crippen LogP contribution in [-0.2, 0) is 19.1 Å². The van der Waals surface area contributed by atoms with Gasteiger partial charge in [0.1, 0.15) is 29.8 Å².